The normalized spacial score (nSPS) is 5.43. The van der Waals surface area contributed by atoms with Crippen molar-refractivity contribution in [2.45, 2.75) is 6.92 Å². The van der Waals surface area contributed by atoms with Crippen LogP contribution in [0.4, 0.5) is 0 Å². The highest BCUT2D eigenvalue weighted by molar-refractivity contribution is 4.73. The van der Waals surface area contributed by atoms with Crippen molar-refractivity contribution in [3.8, 4) is 12.3 Å². The van der Waals surface area contributed by atoms with E-state index in [0.717, 1.165) is 0 Å². The highest BCUT2D eigenvalue weighted by atomic mass is 16.3. The lowest BCUT2D eigenvalue weighted by atomic mass is 10.8. The second kappa shape index (κ2) is 17.9. The second-order valence-corrected chi connectivity index (χ2v) is 0.736. The van der Waals surface area contributed by atoms with Gasteiger partial charge in [-0.05, 0) is 6.92 Å². The van der Waals surface area contributed by atoms with E-state index >= 15 is 0 Å². The lowest BCUT2D eigenvalue weighted by molar-refractivity contribution is 0.186. The summed E-state index contributed by atoms with van der Waals surface area (Å²) >= 11 is 0. The molecule has 42 valence electrons. The Hall–Kier alpha value is -0.520. The van der Waals surface area contributed by atoms with Crippen molar-refractivity contribution in [3.05, 3.63) is 0 Å². The first-order chi connectivity index (χ1) is 3.33. The smallest absolute Gasteiger partial charge is 0.0662 e. The molecule has 2 N–H and O–H groups in total. The standard InChI is InChI=1S/C3H4.C2H6O2/c1-3-2;3-1-2-4/h1H,2H3;3-4H,1-2H2. The van der Waals surface area contributed by atoms with Crippen LogP contribution in [0.3, 0.4) is 0 Å². The summed E-state index contributed by atoms with van der Waals surface area (Å²) in [7, 11) is 0. The molecule has 0 aromatic heterocycles. The van der Waals surface area contributed by atoms with Crippen LogP contribution in [-0.2, 0) is 0 Å². The Kier molecular flexibility index (Phi) is 24.8. The van der Waals surface area contributed by atoms with Crippen LogP contribution in [-0.4, -0.2) is 23.4 Å². The average Bonchev–Trinajstić information content (AvgIpc) is 1.69. The summed E-state index contributed by atoms with van der Waals surface area (Å²) < 4.78 is 0. The van der Waals surface area contributed by atoms with Crippen molar-refractivity contribution < 1.29 is 10.2 Å². The molecule has 0 aromatic rings. The fourth-order valence-electron chi connectivity index (χ4n) is 0. The molecule has 2 nitrogen and oxygen atoms in total. The van der Waals surface area contributed by atoms with Gasteiger partial charge in [-0.15, -0.1) is 12.3 Å². The SMILES string of the molecule is C#CC.OCCO. The minimum atomic E-state index is -0.125. The predicted octanol–water partition coefficient (Wildman–Crippen LogP) is -0.389. The number of hydrogen-bond acceptors (Lipinski definition) is 2. The van der Waals surface area contributed by atoms with E-state index in [-0.39, 0.29) is 13.2 Å². The third-order valence-corrected chi connectivity index (χ3v) is 0.1000. The summed E-state index contributed by atoms with van der Waals surface area (Å²) in [6.07, 6.45) is 4.60. The first kappa shape index (κ1) is 9.70. The fraction of sp³-hybridized carbons (Fsp3) is 0.600. The minimum Gasteiger partial charge on any atom is -0.394 e. The molecule has 2 heteroatoms. The van der Waals surface area contributed by atoms with E-state index in [9.17, 15) is 0 Å². The third kappa shape index (κ3) is 288. The number of hydrogen-bond donors (Lipinski definition) is 2. The Morgan fingerprint density at radius 2 is 1.57 bits per heavy atom. The van der Waals surface area contributed by atoms with Gasteiger partial charge < -0.3 is 10.2 Å². The molecule has 0 heterocycles. The van der Waals surface area contributed by atoms with Gasteiger partial charge in [-0.1, -0.05) is 0 Å². The summed E-state index contributed by atoms with van der Waals surface area (Å²) in [5, 5.41) is 15.2. The largest absolute Gasteiger partial charge is 0.394 e. The van der Waals surface area contributed by atoms with Crippen LogP contribution in [0, 0.1) is 12.3 Å². The number of aliphatic hydroxyl groups excluding tert-OH is 2. The van der Waals surface area contributed by atoms with Gasteiger partial charge in [0.25, 0.3) is 0 Å². The highest BCUT2D eigenvalue weighted by Gasteiger charge is 1.58. The average molecular weight is 102 g/mol. The van der Waals surface area contributed by atoms with Gasteiger partial charge in [0.15, 0.2) is 0 Å². The number of aliphatic hydroxyl groups is 2. The van der Waals surface area contributed by atoms with Crippen LogP contribution in [0.5, 0.6) is 0 Å². The first-order valence-electron chi connectivity index (χ1n) is 1.92. The number of rotatable bonds is 1. The van der Waals surface area contributed by atoms with Gasteiger partial charge >= 0.3 is 0 Å². The van der Waals surface area contributed by atoms with Crippen LogP contribution in [0.1, 0.15) is 6.92 Å². The molecule has 0 spiro atoms. The van der Waals surface area contributed by atoms with Crippen molar-refractivity contribution in [3.63, 3.8) is 0 Å². The van der Waals surface area contributed by atoms with Gasteiger partial charge in [0.2, 0.25) is 0 Å². The fourth-order valence-corrected chi connectivity index (χ4v) is 0. The quantitative estimate of drug-likeness (QED) is 0.443. The molecular formula is C5H10O2. The zero-order valence-corrected chi connectivity index (χ0v) is 4.39. The van der Waals surface area contributed by atoms with E-state index in [1.54, 1.807) is 6.92 Å². The van der Waals surface area contributed by atoms with E-state index in [4.69, 9.17) is 10.2 Å². The molecule has 0 fully saturated rings. The Morgan fingerprint density at radius 3 is 1.57 bits per heavy atom. The van der Waals surface area contributed by atoms with Crippen LogP contribution >= 0.6 is 0 Å². The molecule has 0 aromatic carbocycles. The highest BCUT2D eigenvalue weighted by Crippen LogP contribution is 1.39. The Labute approximate surface area is 43.8 Å². The van der Waals surface area contributed by atoms with E-state index in [1.165, 1.54) is 0 Å². The summed E-state index contributed by atoms with van der Waals surface area (Å²) in [6.45, 7) is 1.40. The van der Waals surface area contributed by atoms with Crippen molar-refractivity contribution in [2.24, 2.45) is 0 Å². The molecular weight excluding hydrogens is 92.1 g/mol. The molecule has 0 unspecified atom stereocenters. The van der Waals surface area contributed by atoms with E-state index in [0.29, 0.717) is 0 Å². The lowest BCUT2D eigenvalue weighted by Gasteiger charge is -1.70. The van der Waals surface area contributed by atoms with Gasteiger partial charge in [0, 0.05) is 0 Å². The van der Waals surface area contributed by atoms with Gasteiger partial charge in [-0.25, -0.2) is 0 Å². The van der Waals surface area contributed by atoms with Gasteiger partial charge in [-0.3, -0.25) is 0 Å². The lowest BCUT2D eigenvalue weighted by Crippen LogP contribution is -1.85. The molecule has 0 saturated heterocycles. The zero-order valence-electron chi connectivity index (χ0n) is 4.39. The molecule has 0 bridgehead atoms. The van der Waals surface area contributed by atoms with E-state index in [1.807, 2.05) is 0 Å². The molecule has 0 radical (unpaired) electrons. The Bertz CT molecular complexity index is 42.5. The number of terminal acetylenes is 1. The molecule has 0 aliphatic heterocycles. The molecule has 0 atom stereocenters. The van der Waals surface area contributed by atoms with Crippen molar-refractivity contribution >= 4 is 0 Å². The molecule has 0 amide bonds. The zero-order chi connectivity index (χ0) is 6.12. The monoisotopic (exact) mass is 102 g/mol. The third-order valence-electron chi connectivity index (χ3n) is 0.1000. The van der Waals surface area contributed by atoms with Crippen LogP contribution < -0.4 is 0 Å². The molecule has 0 aliphatic carbocycles. The molecule has 0 aliphatic rings. The predicted molar refractivity (Wildman–Crippen MR) is 28.7 cm³/mol. The Balaban J connectivity index is 0. The minimum absolute atomic E-state index is 0.125. The molecule has 0 rings (SSSR count). The van der Waals surface area contributed by atoms with Crippen LogP contribution in [0.2, 0.25) is 0 Å². The second-order valence-electron chi connectivity index (χ2n) is 0.736. The van der Waals surface area contributed by atoms with Gasteiger partial charge in [0.05, 0.1) is 13.2 Å². The maximum atomic E-state index is 7.62. The maximum Gasteiger partial charge on any atom is 0.0662 e. The Morgan fingerprint density at radius 1 is 1.43 bits per heavy atom. The topological polar surface area (TPSA) is 40.5 Å². The molecule has 0 saturated carbocycles. The summed E-state index contributed by atoms with van der Waals surface area (Å²) in [4.78, 5) is 0. The summed E-state index contributed by atoms with van der Waals surface area (Å²) in [5.74, 6) is 2.25. The van der Waals surface area contributed by atoms with Gasteiger partial charge in [-0.2, -0.15) is 0 Å². The molecule has 7 heavy (non-hydrogen) atoms. The van der Waals surface area contributed by atoms with Gasteiger partial charge in [0.1, 0.15) is 0 Å². The van der Waals surface area contributed by atoms with Crippen molar-refractivity contribution in [2.75, 3.05) is 13.2 Å². The van der Waals surface area contributed by atoms with E-state index in [2.05, 4.69) is 12.3 Å². The summed E-state index contributed by atoms with van der Waals surface area (Å²) in [6, 6.07) is 0. The van der Waals surface area contributed by atoms with Crippen LogP contribution in [0.15, 0.2) is 0 Å². The van der Waals surface area contributed by atoms with E-state index < -0.39 is 0 Å². The van der Waals surface area contributed by atoms with Crippen LogP contribution in [0.25, 0.3) is 0 Å². The first-order valence-corrected chi connectivity index (χ1v) is 1.92. The van der Waals surface area contributed by atoms with Crippen molar-refractivity contribution in [1.29, 1.82) is 0 Å². The van der Waals surface area contributed by atoms with Crippen molar-refractivity contribution in [1.82, 2.24) is 0 Å². The maximum absolute atomic E-state index is 7.62. The summed E-state index contributed by atoms with van der Waals surface area (Å²) in [5.41, 5.74) is 0.